The molecule has 6 heteroatoms. The first-order valence-corrected chi connectivity index (χ1v) is 8.25. The standard InChI is InChI=1S/C19H22N2O4/c1-23-10-11-25-18-7-6-15-13-21(9-8-17(15)20-18)19(22)14-4-3-5-16(12-14)24-2/h3-7,12H,8-11,13H2,1-2H3. The normalized spacial score (nSPS) is 13.3. The van der Waals surface area contributed by atoms with Gasteiger partial charge in [-0.05, 0) is 23.8 Å². The largest absolute Gasteiger partial charge is 0.497 e. The molecular formula is C19H22N2O4. The molecule has 0 bridgehead atoms. The Bertz CT molecular complexity index is 748. The summed E-state index contributed by atoms with van der Waals surface area (Å²) in [7, 11) is 3.23. The monoisotopic (exact) mass is 342 g/mol. The first-order valence-electron chi connectivity index (χ1n) is 8.25. The van der Waals surface area contributed by atoms with Crippen molar-refractivity contribution in [2.24, 2.45) is 0 Å². The van der Waals surface area contributed by atoms with Crippen molar-refractivity contribution >= 4 is 5.91 Å². The van der Waals surface area contributed by atoms with Gasteiger partial charge in [0.2, 0.25) is 5.88 Å². The molecule has 0 spiro atoms. The highest BCUT2D eigenvalue weighted by Crippen LogP contribution is 2.23. The Morgan fingerprint density at radius 2 is 2.08 bits per heavy atom. The van der Waals surface area contributed by atoms with E-state index in [-0.39, 0.29) is 5.91 Å². The van der Waals surface area contributed by atoms with E-state index in [1.54, 1.807) is 20.3 Å². The number of hydrogen-bond donors (Lipinski definition) is 0. The Morgan fingerprint density at radius 3 is 2.88 bits per heavy atom. The van der Waals surface area contributed by atoms with Crippen LogP contribution in [0.15, 0.2) is 36.4 Å². The molecule has 1 aliphatic heterocycles. The highest BCUT2D eigenvalue weighted by Gasteiger charge is 2.23. The molecule has 2 aromatic rings. The maximum Gasteiger partial charge on any atom is 0.254 e. The van der Waals surface area contributed by atoms with Gasteiger partial charge >= 0.3 is 0 Å². The number of pyridine rings is 1. The molecule has 2 heterocycles. The second-order valence-corrected chi connectivity index (χ2v) is 5.81. The quantitative estimate of drug-likeness (QED) is 0.754. The number of benzene rings is 1. The van der Waals surface area contributed by atoms with E-state index in [0.29, 0.717) is 49.9 Å². The fourth-order valence-electron chi connectivity index (χ4n) is 2.82. The fourth-order valence-corrected chi connectivity index (χ4v) is 2.82. The summed E-state index contributed by atoms with van der Waals surface area (Å²) >= 11 is 0. The van der Waals surface area contributed by atoms with E-state index in [1.165, 1.54) is 0 Å². The Hall–Kier alpha value is -2.60. The van der Waals surface area contributed by atoms with Crippen molar-refractivity contribution in [2.75, 3.05) is 34.0 Å². The van der Waals surface area contributed by atoms with Crippen molar-refractivity contribution in [1.82, 2.24) is 9.88 Å². The molecule has 0 N–H and O–H groups in total. The molecule has 3 rings (SSSR count). The zero-order valence-corrected chi connectivity index (χ0v) is 14.5. The zero-order chi connectivity index (χ0) is 17.6. The van der Waals surface area contributed by atoms with Crippen LogP contribution >= 0.6 is 0 Å². The molecule has 0 unspecified atom stereocenters. The van der Waals surface area contributed by atoms with Crippen LogP contribution in [0.2, 0.25) is 0 Å². The van der Waals surface area contributed by atoms with Gasteiger partial charge in [-0.15, -0.1) is 0 Å². The van der Waals surface area contributed by atoms with Crippen molar-refractivity contribution in [3.8, 4) is 11.6 Å². The summed E-state index contributed by atoms with van der Waals surface area (Å²) in [4.78, 5) is 19.1. The van der Waals surface area contributed by atoms with Gasteiger partial charge < -0.3 is 19.1 Å². The molecule has 0 saturated heterocycles. The molecule has 1 aromatic carbocycles. The van der Waals surface area contributed by atoms with Crippen molar-refractivity contribution in [2.45, 2.75) is 13.0 Å². The van der Waals surface area contributed by atoms with E-state index in [4.69, 9.17) is 14.2 Å². The summed E-state index contributed by atoms with van der Waals surface area (Å²) < 4.78 is 15.7. The highest BCUT2D eigenvalue weighted by atomic mass is 16.5. The molecule has 6 nitrogen and oxygen atoms in total. The van der Waals surface area contributed by atoms with Gasteiger partial charge in [-0.25, -0.2) is 4.98 Å². The topological polar surface area (TPSA) is 60.9 Å². The molecule has 0 atom stereocenters. The minimum absolute atomic E-state index is 0.00460. The van der Waals surface area contributed by atoms with Crippen molar-refractivity contribution in [1.29, 1.82) is 0 Å². The van der Waals surface area contributed by atoms with E-state index < -0.39 is 0 Å². The average Bonchev–Trinajstić information content (AvgIpc) is 2.67. The fraction of sp³-hybridized carbons (Fsp3) is 0.368. The van der Waals surface area contributed by atoms with Crippen LogP contribution in [-0.4, -0.2) is 49.8 Å². The Balaban J connectivity index is 1.69. The maximum atomic E-state index is 12.7. The number of aromatic nitrogens is 1. The van der Waals surface area contributed by atoms with Gasteiger partial charge in [0, 0.05) is 38.2 Å². The number of hydrogen-bond acceptors (Lipinski definition) is 5. The van der Waals surface area contributed by atoms with Gasteiger partial charge in [-0.2, -0.15) is 0 Å². The van der Waals surface area contributed by atoms with E-state index in [9.17, 15) is 4.79 Å². The second kappa shape index (κ2) is 7.98. The minimum Gasteiger partial charge on any atom is -0.497 e. The van der Waals surface area contributed by atoms with Crippen LogP contribution in [0.25, 0.3) is 0 Å². The molecule has 25 heavy (non-hydrogen) atoms. The average molecular weight is 342 g/mol. The summed E-state index contributed by atoms with van der Waals surface area (Å²) in [5, 5.41) is 0. The second-order valence-electron chi connectivity index (χ2n) is 5.81. The predicted molar refractivity (Wildman–Crippen MR) is 93.0 cm³/mol. The number of methoxy groups -OCH3 is 2. The number of rotatable bonds is 6. The van der Waals surface area contributed by atoms with E-state index in [0.717, 1.165) is 11.3 Å². The van der Waals surface area contributed by atoms with Crippen LogP contribution in [0, 0.1) is 0 Å². The molecular weight excluding hydrogens is 320 g/mol. The van der Waals surface area contributed by atoms with E-state index in [1.807, 2.05) is 35.2 Å². The van der Waals surface area contributed by atoms with Crippen LogP contribution in [0.5, 0.6) is 11.6 Å². The number of nitrogens with zero attached hydrogens (tertiary/aromatic N) is 2. The first kappa shape index (κ1) is 17.2. The number of carbonyl (C=O) groups excluding carboxylic acids is 1. The van der Waals surface area contributed by atoms with E-state index in [2.05, 4.69) is 4.98 Å². The number of ether oxygens (including phenoxy) is 3. The maximum absolute atomic E-state index is 12.7. The van der Waals surface area contributed by atoms with Crippen LogP contribution in [0.3, 0.4) is 0 Å². The number of carbonyl (C=O) groups is 1. The van der Waals surface area contributed by atoms with Gasteiger partial charge in [0.1, 0.15) is 12.4 Å². The SMILES string of the molecule is COCCOc1ccc2c(n1)CCN(C(=O)c1cccc(OC)c1)C2. The van der Waals surface area contributed by atoms with Gasteiger partial charge in [0.15, 0.2) is 0 Å². The smallest absolute Gasteiger partial charge is 0.254 e. The Labute approximate surface area is 147 Å². The minimum atomic E-state index is 0.00460. The molecule has 1 aliphatic rings. The van der Waals surface area contributed by atoms with Gasteiger partial charge in [0.25, 0.3) is 5.91 Å². The van der Waals surface area contributed by atoms with Crippen LogP contribution in [0.4, 0.5) is 0 Å². The first-order chi connectivity index (χ1) is 12.2. The lowest BCUT2D eigenvalue weighted by Crippen LogP contribution is -2.36. The van der Waals surface area contributed by atoms with Crippen molar-refractivity contribution in [3.63, 3.8) is 0 Å². The van der Waals surface area contributed by atoms with Gasteiger partial charge in [-0.1, -0.05) is 12.1 Å². The number of amides is 1. The van der Waals surface area contributed by atoms with Crippen LogP contribution in [-0.2, 0) is 17.7 Å². The lowest BCUT2D eigenvalue weighted by molar-refractivity contribution is 0.0732. The van der Waals surface area contributed by atoms with Gasteiger partial charge in [0.05, 0.1) is 19.4 Å². The summed E-state index contributed by atoms with van der Waals surface area (Å²) in [6.45, 7) is 2.19. The molecule has 0 fully saturated rings. The zero-order valence-electron chi connectivity index (χ0n) is 14.5. The highest BCUT2D eigenvalue weighted by molar-refractivity contribution is 5.94. The Morgan fingerprint density at radius 1 is 1.20 bits per heavy atom. The lowest BCUT2D eigenvalue weighted by Gasteiger charge is -2.28. The van der Waals surface area contributed by atoms with Gasteiger partial charge in [-0.3, -0.25) is 4.79 Å². The third-order valence-corrected chi connectivity index (χ3v) is 4.16. The van der Waals surface area contributed by atoms with Crippen LogP contribution in [0.1, 0.15) is 21.6 Å². The van der Waals surface area contributed by atoms with E-state index >= 15 is 0 Å². The molecule has 1 amide bonds. The van der Waals surface area contributed by atoms with Crippen molar-refractivity contribution in [3.05, 3.63) is 53.2 Å². The summed E-state index contributed by atoms with van der Waals surface area (Å²) in [6, 6.07) is 11.1. The third kappa shape index (κ3) is 4.09. The molecule has 0 radical (unpaired) electrons. The molecule has 1 aromatic heterocycles. The summed E-state index contributed by atoms with van der Waals surface area (Å²) in [6.07, 6.45) is 0.715. The lowest BCUT2D eigenvalue weighted by atomic mass is 10.0. The predicted octanol–water partition coefficient (Wildman–Crippen LogP) is 2.31. The summed E-state index contributed by atoms with van der Waals surface area (Å²) in [5.41, 5.74) is 2.68. The number of fused-ring (bicyclic) bond motifs is 1. The summed E-state index contributed by atoms with van der Waals surface area (Å²) in [5.74, 6) is 1.29. The molecule has 0 aliphatic carbocycles. The van der Waals surface area contributed by atoms with Crippen LogP contribution < -0.4 is 9.47 Å². The Kier molecular flexibility index (Phi) is 5.50. The molecule has 132 valence electrons. The van der Waals surface area contributed by atoms with Crippen molar-refractivity contribution < 1.29 is 19.0 Å². The molecule has 0 saturated carbocycles. The third-order valence-electron chi connectivity index (χ3n) is 4.16.